The third-order valence-electron chi connectivity index (χ3n) is 1.43. The molecule has 0 spiro atoms. The van der Waals surface area contributed by atoms with Crippen molar-refractivity contribution >= 4 is 0 Å². The number of rotatable bonds is 1. The van der Waals surface area contributed by atoms with Gasteiger partial charge in [0, 0.05) is 5.92 Å². The lowest BCUT2D eigenvalue weighted by molar-refractivity contribution is 0.174. The van der Waals surface area contributed by atoms with Crippen LogP contribution in [0.25, 0.3) is 0 Å². The van der Waals surface area contributed by atoms with Gasteiger partial charge < -0.3 is 5.11 Å². The Balaban J connectivity index is 4.00. The van der Waals surface area contributed by atoms with Gasteiger partial charge in [0.2, 0.25) is 0 Å². The van der Waals surface area contributed by atoms with Gasteiger partial charge in [0.25, 0.3) is 0 Å². The monoisotopic (exact) mass is 126 g/mol. The smallest absolute Gasteiger partial charge is 0.0573 e. The fourth-order valence-corrected chi connectivity index (χ4v) is 0.577. The molecule has 1 N–H and O–H groups in total. The van der Waals surface area contributed by atoms with E-state index in [1.165, 1.54) is 0 Å². The first-order valence-electron chi connectivity index (χ1n) is 3.09. The number of hydrogen-bond donors (Lipinski definition) is 1. The van der Waals surface area contributed by atoms with Crippen LogP contribution in [0.5, 0.6) is 0 Å². The van der Waals surface area contributed by atoms with Gasteiger partial charge in [0.15, 0.2) is 0 Å². The predicted molar refractivity (Wildman–Crippen MR) is 38.9 cm³/mol. The maximum Gasteiger partial charge on any atom is 0.0573 e. The standard InChI is InChI=1S/C8H14O/c1-5-7(6-9)8(2,3)4/h1,7,9H,6H2,2-4H3. The average Bonchev–Trinajstić information content (AvgIpc) is 1.65. The normalized spacial score (nSPS) is 14.6. The van der Waals surface area contributed by atoms with Crippen LogP contribution in [0.15, 0.2) is 0 Å². The van der Waals surface area contributed by atoms with Crippen molar-refractivity contribution in [1.29, 1.82) is 0 Å². The van der Waals surface area contributed by atoms with Crippen LogP contribution in [0.1, 0.15) is 20.8 Å². The van der Waals surface area contributed by atoms with Crippen molar-refractivity contribution in [3.63, 3.8) is 0 Å². The second kappa shape index (κ2) is 2.89. The van der Waals surface area contributed by atoms with Gasteiger partial charge >= 0.3 is 0 Å². The quantitative estimate of drug-likeness (QED) is 0.525. The molecule has 1 unspecified atom stereocenters. The molecule has 0 aromatic rings. The Morgan fingerprint density at radius 1 is 1.56 bits per heavy atom. The minimum atomic E-state index is -0.0162. The van der Waals surface area contributed by atoms with E-state index < -0.39 is 0 Å². The molecule has 0 amide bonds. The number of hydrogen-bond acceptors (Lipinski definition) is 1. The van der Waals surface area contributed by atoms with E-state index in [0.29, 0.717) is 0 Å². The molecule has 0 bridgehead atoms. The first kappa shape index (κ1) is 8.52. The van der Waals surface area contributed by atoms with Gasteiger partial charge in [0.05, 0.1) is 6.61 Å². The van der Waals surface area contributed by atoms with Crippen LogP contribution >= 0.6 is 0 Å². The van der Waals surface area contributed by atoms with Crippen LogP contribution in [-0.2, 0) is 0 Å². The van der Waals surface area contributed by atoms with Crippen molar-refractivity contribution in [2.45, 2.75) is 20.8 Å². The molecule has 52 valence electrons. The van der Waals surface area contributed by atoms with Crippen LogP contribution < -0.4 is 0 Å². The molecule has 0 radical (unpaired) electrons. The SMILES string of the molecule is C#CC(CO)C(C)(C)C. The van der Waals surface area contributed by atoms with E-state index in [9.17, 15) is 0 Å². The van der Waals surface area contributed by atoms with Gasteiger partial charge in [-0.05, 0) is 5.41 Å². The lowest BCUT2D eigenvalue weighted by Gasteiger charge is -2.23. The summed E-state index contributed by atoms with van der Waals surface area (Å²) in [4.78, 5) is 0. The van der Waals surface area contributed by atoms with E-state index in [2.05, 4.69) is 5.92 Å². The summed E-state index contributed by atoms with van der Waals surface area (Å²) in [6.45, 7) is 6.15. The third-order valence-corrected chi connectivity index (χ3v) is 1.43. The van der Waals surface area contributed by atoms with Gasteiger partial charge in [0.1, 0.15) is 0 Å². The molecule has 0 rings (SSSR count). The molecule has 0 aromatic heterocycles. The Bertz CT molecular complexity index is 114. The van der Waals surface area contributed by atoms with E-state index >= 15 is 0 Å². The zero-order valence-electron chi connectivity index (χ0n) is 6.31. The molecule has 1 heteroatoms. The summed E-state index contributed by atoms with van der Waals surface area (Å²) in [5.74, 6) is 2.53. The van der Waals surface area contributed by atoms with E-state index in [0.717, 1.165) is 0 Å². The fraction of sp³-hybridized carbons (Fsp3) is 0.750. The highest BCUT2D eigenvalue weighted by Crippen LogP contribution is 2.23. The Hall–Kier alpha value is -0.480. The summed E-state index contributed by atoms with van der Waals surface area (Å²) in [5, 5.41) is 8.72. The van der Waals surface area contributed by atoms with E-state index in [-0.39, 0.29) is 17.9 Å². The zero-order valence-corrected chi connectivity index (χ0v) is 6.31. The van der Waals surface area contributed by atoms with E-state index in [1.54, 1.807) is 0 Å². The predicted octanol–water partition coefficient (Wildman–Crippen LogP) is 1.27. The zero-order chi connectivity index (χ0) is 7.49. The molecule has 1 nitrogen and oxygen atoms in total. The molecular formula is C8H14O. The lowest BCUT2D eigenvalue weighted by atomic mass is 9.82. The number of aliphatic hydroxyl groups is 1. The molecule has 0 aliphatic carbocycles. The second-order valence-electron chi connectivity index (χ2n) is 3.27. The summed E-state index contributed by atoms with van der Waals surface area (Å²) < 4.78 is 0. The number of terminal acetylenes is 1. The largest absolute Gasteiger partial charge is 0.395 e. The topological polar surface area (TPSA) is 20.2 Å². The van der Waals surface area contributed by atoms with Crippen LogP contribution in [0.2, 0.25) is 0 Å². The average molecular weight is 126 g/mol. The second-order valence-corrected chi connectivity index (χ2v) is 3.27. The van der Waals surface area contributed by atoms with Crippen LogP contribution in [0.3, 0.4) is 0 Å². The highest BCUT2D eigenvalue weighted by atomic mass is 16.3. The molecule has 0 saturated carbocycles. The summed E-state index contributed by atoms with van der Waals surface area (Å²) in [5.41, 5.74) is 0.0312. The van der Waals surface area contributed by atoms with E-state index in [4.69, 9.17) is 11.5 Å². The molecule has 0 aromatic carbocycles. The summed E-state index contributed by atoms with van der Waals surface area (Å²) in [7, 11) is 0. The summed E-state index contributed by atoms with van der Waals surface area (Å²) in [6, 6.07) is 0. The Labute approximate surface area is 57.1 Å². The van der Waals surface area contributed by atoms with Crippen molar-refractivity contribution in [3.8, 4) is 12.3 Å². The van der Waals surface area contributed by atoms with Crippen LogP contribution in [0.4, 0.5) is 0 Å². The molecule has 0 saturated heterocycles. The first-order valence-corrected chi connectivity index (χ1v) is 3.09. The van der Waals surface area contributed by atoms with Crippen molar-refractivity contribution in [2.24, 2.45) is 11.3 Å². The van der Waals surface area contributed by atoms with Crippen molar-refractivity contribution in [3.05, 3.63) is 0 Å². The van der Waals surface area contributed by atoms with Gasteiger partial charge in [-0.3, -0.25) is 0 Å². The first-order chi connectivity index (χ1) is 4.02. The molecule has 0 aliphatic heterocycles. The number of aliphatic hydroxyl groups excluding tert-OH is 1. The highest BCUT2D eigenvalue weighted by Gasteiger charge is 2.20. The van der Waals surface area contributed by atoms with Crippen LogP contribution in [0, 0.1) is 23.7 Å². The molecule has 0 aliphatic rings. The maximum atomic E-state index is 8.72. The van der Waals surface area contributed by atoms with Gasteiger partial charge in [-0.1, -0.05) is 20.8 Å². The molecule has 1 atom stereocenters. The van der Waals surface area contributed by atoms with Crippen molar-refractivity contribution in [2.75, 3.05) is 6.61 Å². The van der Waals surface area contributed by atoms with Crippen LogP contribution in [-0.4, -0.2) is 11.7 Å². The van der Waals surface area contributed by atoms with E-state index in [1.807, 2.05) is 20.8 Å². The van der Waals surface area contributed by atoms with Gasteiger partial charge in [-0.25, -0.2) is 0 Å². The third kappa shape index (κ3) is 2.53. The Kier molecular flexibility index (Phi) is 2.73. The van der Waals surface area contributed by atoms with Gasteiger partial charge in [-0.2, -0.15) is 0 Å². The Morgan fingerprint density at radius 2 is 2.00 bits per heavy atom. The molecular weight excluding hydrogens is 112 g/mol. The summed E-state index contributed by atoms with van der Waals surface area (Å²) in [6.07, 6.45) is 5.16. The highest BCUT2D eigenvalue weighted by molar-refractivity contribution is 4.98. The molecule has 0 fully saturated rings. The maximum absolute atomic E-state index is 8.72. The van der Waals surface area contributed by atoms with Gasteiger partial charge in [-0.15, -0.1) is 12.3 Å². The summed E-state index contributed by atoms with van der Waals surface area (Å²) >= 11 is 0. The molecule has 9 heavy (non-hydrogen) atoms. The molecule has 0 heterocycles. The van der Waals surface area contributed by atoms with Crippen molar-refractivity contribution < 1.29 is 5.11 Å². The lowest BCUT2D eigenvalue weighted by Crippen LogP contribution is -2.21. The van der Waals surface area contributed by atoms with Crippen molar-refractivity contribution in [1.82, 2.24) is 0 Å². The Morgan fingerprint density at radius 3 is 2.00 bits per heavy atom. The minimum Gasteiger partial charge on any atom is -0.395 e. The minimum absolute atomic E-state index is 0.0162. The fourth-order valence-electron chi connectivity index (χ4n) is 0.577.